The zero-order chi connectivity index (χ0) is 12.3. The van der Waals surface area contributed by atoms with Crippen LogP contribution in [-0.4, -0.2) is 9.97 Å². The maximum Gasteiger partial charge on any atom is 0.240 e. The molecule has 0 radical (unpaired) electrons. The van der Waals surface area contributed by atoms with Gasteiger partial charge in [-0.3, -0.25) is 5.43 Å². The number of nitrogen functional groups attached to an aromatic ring is 1. The van der Waals surface area contributed by atoms with Gasteiger partial charge in [0.2, 0.25) is 11.8 Å². The molecule has 0 spiro atoms. The normalized spacial score (nSPS) is 10.1. The molecular formula is C10H8Cl2N4O. The van der Waals surface area contributed by atoms with Crippen molar-refractivity contribution in [2.75, 3.05) is 5.43 Å². The number of nitrogens with two attached hydrogens (primary N) is 1. The largest absolute Gasteiger partial charge is 0.439 e. The van der Waals surface area contributed by atoms with Crippen LogP contribution in [0, 0.1) is 0 Å². The van der Waals surface area contributed by atoms with Crippen molar-refractivity contribution in [1.82, 2.24) is 9.97 Å². The van der Waals surface area contributed by atoms with Crippen molar-refractivity contribution in [2.45, 2.75) is 0 Å². The highest BCUT2D eigenvalue weighted by Gasteiger charge is 2.03. The Hall–Kier alpha value is -1.56. The molecule has 1 aromatic heterocycles. The number of rotatable bonds is 3. The van der Waals surface area contributed by atoms with E-state index in [9.17, 15) is 0 Å². The summed E-state index contributed by atoms with van der Waals surface area (Å²) in [5, 5.41) is 0.876. The third-order valence-electron chi connectivity index (χ3n) is 1.87. The summed E-state index contributed by atoms with van der Waals surface area (Å²) < 4.78 is 5.47. The van der Waals surface area contributed by atoms with Gasteiger partial charge in [-0.15, -0.1) is 0 Å². The third-order valence-corrected chi connectivity index (χ3v) is 2.61. The lowest BCUT2D eigenvalue weighted by Crippen LogP contribution is -2.10. The summed E-state index contributed by atoms with van der Waals surface area (Å²) in [5.41, 5.74) is 2.32. The zero-order valence-corrected chi connectivity index (χ0v) is 10.0. The van der Waals surface area contributed by atoms with Gasteiger partial charge in [-0.05, 0) is 12.1 Å². The van der Waals surface area contributed by atoms with E-state index in [0.29, 0.717) is 21.7 Å². The van der Waals surface area contributed by atoms with Crippen LogP contribution in [0.1, 0.15) is 0 Å². The molecule has 0 fully saturated rings. The van der Waals surface area contributed by atoms with Crippen molar-refractivity contribution in [3.05, 3.63) is 40.5 Å². The van der Waals surface area contributed by atoms with Gasteiger partial charge in [-0.2, -0.15) is 4.98 Å². The van der Waals surface area contributed by atoms with Crippen LogP contribution in [0.15, 0.2) is 30.5 Å². The standard InChI is InChI=1S/C10H8Cl2N4O/c11-7-2-1-6(5-8(7)12)17-9-3-4-14-10(15-9)16-13/h1-5H,13H2,(H,14,15,16). The number of hydrogen-bond acceptors (Lipinski definition) is 5. The summed E-state index contributed by atoms with van der Waals surface area (Å²) in [7, 11) is 0. The van der Waals surface area contributed by atoms with Crippen LogP contribution in [-0.2, 0) is 0 Å². The van der Waals surface area contributed by atoms with Crippen molar-refractivity contribution in [2.24, 2.45) is 5.84 Å². The van der Waals surface area contributed by atoms with Crippen molar-refractivity contribution < 1.29 is 4.74 Å². The number of anilines is 1. The first kappa shape index (κ1) is 11.9. The van der Waals surface area contributed by atoms with Crippen LogP contribution >= 0.6 is 23.2 Å². The molecule has 0 bridgehead atoms. The quantitative estimate of drug-likeness (QED) is 0.663. The number of aromatic nitrogens is 2. The Kier molecular flexibility index (Phi) is 3.63. The van der Waals surface area contributed by atoms with Crippen molar-refractivity contribution >= 4 is 29.2 Å². The lowest BCUT2D eigenvalue weighted by molar-refractivity contribution is 0.462. The number of benzene rings is 1. The molecule has 2 aromatic rings. The molecular weight excluding hydrogens is 263 g/mol. The molecule has 0 atom stereocenters. The Bertz CT molecular complexity index is 535. The van der Waals surface area contributed by atoms with Gasteiger partial charge >= 0.3 is 0 Å². The lowest BCUT2D eigenvalue weighted by Gasteiger charge is -2.06. The smallest absolute Gasteiger partial charge is 0.240 e. The van der Waals surface area contributed by atoms with E-state index in [1.54, 1.807) is 24.3 Å². The van der Waals surface area contributed by atoms with Gasteiger partial charge in [0.05, 0.1) is 10.0 Å². The second kappa shape index (κ2) is 5.18. The van der Waals surface area contributed by atoms with Gasteiger partial charge in [-0.25, -0.2) is 10.8 Å². The molecule has 0 unspecified atom stereocenters. The van der Waals surface area contributed by atoms with E-state index in [-0.39, 0.29) is 5.95 Å². The monoisotopic (exact) mass is 270 g/mol. The van der Waals surface area contributed by atoms with E-state index in [2.05, 4.69) is 15.4 Å². The van der Waals surface area contributed by atoms with E-state index >= 15 is 0 Å². The molecule has 0 aliphatic carbocycles. The van der Waals surface area contributed by atoms with Gasteiger partial charge in [0.1, 0.15) is 5.75 Å². The second-order valence-corrected chi connectivity index (χ2v) is 3.86. The van der Waals surface area contributed by atoms with Crippen molar-refractivity contribution in [3.8, 4) is 11.6 Å². The first-order valence-electron chi connectivity index (χ1n) is 4.61. The molecule has 0 amide bonds. The number of halogens is 2. The van der Waals surface area contributed by atoms with E-state index in [4.69, 9.17) is 33.8 Å². The minimum Gasteiger partial charge on any atom is -0.439 e. The van der Waals surface area contributed by atoms with Crippen LogP contribution in [0.3, 0.4) is 0 Å². The zero-order valence-electron chi connectivity index (χ0n) is 8.52. The van der Waals surface area contributed by atoms with Crippen LogP contribution in [0.4, 0.5) is 5.95 Å². The maximum atomic E-state index is 5.86. The molecule has 5 nitrogen and oxygen atoms in total. The highest BCUT2D eigenvalue weighted by Crippen LogP contribution is 2.28. The Morgan fingerprint density at radius 3 is 2.71 bits per heavy atom. The van der Waals surface area contributed by atoms with Gasteiger partial charge in [0.15, 0.2) is 0 Å². The van der Waals surface area contributed by atoms with E-state index in [0.717, 1.165) is 0 Å². The van der Waals surface area contributed by atoms with Gasteiger partial charge in [0.25, 0.3) is 0 Å². The van der Waals surface area contributed by atoms with Gasteiger partial charge in [-0.1, -0.05) is 23.2 Å². The summed E-state index contributed by atoms with van der Waals surface area (Å²) in [4.78, 5) is 7.85. The minimum atomic E-state index is 0.266. The molecule has 0 aliphatic rings. The first-order chi connectivity index (χ1) is 8.19. The maximum absolute atomic E-state index is 5.86. The highest BCUT2D eigenvalue weighted by atomic mass is 35.5. The average molecular weight is 271 g/mol. The van der Waals surface area contributed by atoms with Crippen LogP contribution in [0.5, 0.6) is 11.6 Å². The predicted molar refractivity (Wildman–Crippen MR) is 66.4 cm³/mol. The molecule has 1 heterocycles. The Balaban J connectivity index is 2.22. The Labute approximate surface area is 108 Å². The fourth-order valence-electron chi connectivity index (χ4n) is 1.13. The summed E-state index contributed by atoms with van der Waals surface area (Å²) in [5.74, 6) is 6.34. The number of hydrogen-bond donors (Lipinski definition) is 2. The van der Waals surface area contributed by atoms with Gasteiger partial charge in [0, 0.05) is 18.3 Å². The molecule has 1 aromatic carbocycles. The SMILES string of the molecule is NNc1nccc(Oc2ccc(Cl)c(Cl)c2)n1. The Morgan fingerprint density at radius 2 is 2.00 bits per heavy atom. The second-order valence-electron chi connectivity index (χ2n) is 3.04. The number of ether oxygens (including phenoxy) is 1. The molecule has 0 saturated carbocycles. The summed E-state index contributed by atoms with van der Waals surface area (Å²) in [6.45, 7) is 0. The molecule has 3 N–H and O–H groups in total. The van der Waals surface area contributed by atoms with Crippen LogP contribution < -0.4 is 16.0 Å². The highest BCUT2D eigenvalue weighted by molar-refractivity contribution is 6.42. The molecule has 0 aliphatic heterocycles. The fourth-order valence-corrected chi connectivity index (χ4v) is 1.42. The lowest BCUT2D eigenvalue weighted by atomic mass is 10.3. The van der Waals surface area contributed by atoms with E-state index < -0.39 is 0 Å². The molecule has 88 valence electrons. The predicted octanol–water partition coefficient (Wildman–Crippen LogP) is 2.86. The molecule has 0 saturated heterocycles. The molecule has 2 rings (SSSR count). The minimum absolute atomic E-state index is 0.266. The Morgan fingerprint density at radius 1 is 1.18 bits per heavy atom. The summed E-state index contributed by atoms with van der Waals surface area (Å²) in [6, 6.07) is 6.53. The first-order valence-corrected chi connectivity index (χ1v) is 5.37. The third kappa shape index (κ3) is 2.97. The van der Waals surface area contributed by atoms with Crippen LogP contribution in [0.25, 0.3) is 0 Å². The van der Waals surface area contributed by atoms with Crippen molar-refractivity contribution in [1.29, 1.82) is 0 Å². The summed E-state index contributed by atoms with van der Waals surface area (Å²) in [6.07, 6.45) is 1.52. The molecule has 17 heavy (non-hydrogen) atoms. The topological polar surface area (TPSA) is 73.1 Å². The van der Waals surface area contributed by atoms with Crippen LogP contribution in [0.2, 0.25) is 10.0 Å². The number of hydrazine groups is 1. The van der Waals surface area contributed by atoms with Crippen molar-refractivity contribution in [3.63, 3.8) is 0 Å². The van der Waals surface area contributed by atoms with E-state index in [1.807, 2.05) is 0 Å². The average Bonchev–Trinajstić information content (AvgIpc) is 2.34. The number of nitrogens with one attached hydrogen (secondary N) is 1. The van der Waals surface area contributed by atoms with Gasteiger partial charge < -0.3 is 4.74 Å². The number of nitrogens with zero attached hydrogens (tertiary/aromatic N) is 2. The van der Waals surface area contributed by atoms with E-state index in [1.165, 1.54) is 6.20 Å². The molecule has 7 heteroatoms. The summed E-state index contributed by atoms with van der Waals surface area (Å²) >= 11 is 11.7. The fraction of sp³-hybridized carbons (Fsp3) is 0.